The highest BCUT2D eigenvalue weighted by Gasteiger charge is 2.56. The van der Waals surface area contributed by atoms with E-state index in [0.717, 1.165) is 37.9 Å². The fraction of sp³-hybridized carbons (Fsp3) is 0.529. The lowest BCUT2D eigenvalue weighted by molar-refractivity contribution is -0.155. The number of amides is 1. The van der Waals surface area contributed by atoms with E-state index in [-0.39, 0.29) is 35.4 Å². The van der Waals surface area contributed by atoms with Gasteiger partial charge in [-0.25, -0.2) is 4.79 Å². The zero-order chi connectivity index (χ0) is 31.6. The Bertz CT molecular complexity index is 1270. The summed E-state index contributed by atoms with van der Waals surface area (Å²) in [6.07, 6.45) is 4.92. The number of ether oxygens (including phenoxy) is 2. The number of aryl methyl sites for hydroxylation is 1. The smallest absolute Gasteiger partial charge is 0.334 e. The highest BCUT2D eigenvalue weighted by Crippen LogP contribution is 2.40. The lowest BCUT2D eigenvalue weighted by Crippen LogP contribution is -2.72. The summed E-state index contributed by atoms with van der Waals surface area (Å²) in [6.45, 7) is 10.9. The van der Waals surface area contributed by atoms with Crippen LogP contribution in [0.1, 0.15) is 57.2 Å². The first-order chi connectivity index (χ1) is 21.1. The Morgan fingerprint density at radius 1 is 1.09 bits per heavy atom. The molecule has 3 atom stereocenters. The maximum absolute atomic E-state index is 14.0. The Balaban J connectivity index is 0.00000368. The van der Waals surface area contributed by atoms with E-state index in [1.54, 1.807) is 6.08 Å². The van der Waals surface area contributed by atoms with Gasteiger partial charge in [-0.15, -0.1) is 24.8 Å². The number of hydrogen-bond acceptors (Lipinski definition) is 8. The fourth-order valence-electron chi connectivity index (χ4n) is 6.25. The maximum Gasteiger partial charge on any atom is 0.334 e. The summed E-state index contributed by atoms with van der Waals surface area (Å²) in [6, 6.07) is 16.7. The molecule has 5 N–H and O–H groups in total. The molecule has 2 aromatic carbocycles. The van der Waals surface area contributed by atoms with E-state index in [2.05, 4.69) is 40.2 Å². The lowest BCUT2D eigenvalue weighted by atomic mass is 9.73. The molecule has 12 heteroatoms. The normalized spacial score (nSPS) is 21.1. The molecule has 9 nitrogen and oxygen atoms in total. The number of nitrogens with one attached hydrogen (secondary N) is 3. The van der Waals surface area contributed by atoms with Gasteiger partial charge in [0.05, 0.1) is 12.6 Å². The molecule has 0 saturated carbocycles. The number of benzene rings is 2. The predicted molar refractivity (Wildman–Crippen MR) is 189 cm³/mol. The summed E-state index contributed by atoms with van der Waals surface area (Å²) >= 11 is 6.50. The molecule has 2 aliphatic rings. The first-order valence-corrected chi connectivity index (χ1v) is 16.0. The first kappa shape index (κ1) is 39.8. The molecule has 46 heavy (non-hydrogen) atoms. The van der Waals surface area contributed by atoms with Gasteiger partial charge in [-0.2, -0.15) is 0 Å². The van der Waals surface area contributed by atoms with Gasteiger partial charge in [-0.1, -0.05) is 69.3 Å². The van der Waals surface area contributed by atoms with Crippen molar-refractivity contribution in [2.45, 2.75) is 64.1 Å². The van der Waals surface area contributed by atoms with Crippen LogP contribution >= 0.6 is 36.4 Å². The molecule has 2 aliphatic heterocycles. The van der Waals surface area contributed by atoms with Crippen molar-refractivity contribution in [2.24, 2.45) is 11.1 Å². The van der Waals surface area contributed by atoms with Crippen molar-refractivity contribution in [2.75, 3.05) is 45.9 Å². The minimum atomic E-state index is -1.46. The summed E-state index contributed by atoms with van der Waals surface area (Å²) in [5.74, 6) is -0.528. The van der Waals surface area contributed by atoms with Gasteiger partial charge in [0.15, 0.2) is 5.22 Å². The van der Waals surface area contributed by atoms with Crippen molar-refractivity contribution in [3.05, 3.63) is 77.0 Å². The molecule has 0 radical (unpaired) electrons. The molecule has 0 bridgehead atoms. The average molecular weight is 699 g/mol. The first-order valence-electron chi connectivity index (χ1n) is 15.7. The number of carbonyl (C=O) groups is 2. The van der Waals surface area contributed by atoms with Crippen LogP contribution in [0.4, 0.5) is 0 Å². The second kappa shape index (κ2) is 18.8. The molecule has 2 heterocycles. The van der Waals surface area contributed by atoms with Crippen LogP contribution in [0.5, 0.6) is 5.75 Å². The molecule has 1 fully saturated rings. The Morgan fingerprint density at radius 2 is 1.74 bits per heavy atom. The number of halogens is 3. The SMILES string of the molecule is CC(C)(C)CC1(C(C(N)=O)N2CCNCC2)NC(c2ccccc2OCCCNCCCc2ccccc2)C=C(Cl)OC1=O.Cl.Cl. The van der Waals surface area contributed by atoms with Crippen molar-refractivity contribution >= 4 is 48.3 Å². The van der Waals surface area contributed by atoms with Crippen molar-refractivity contribution in [1.29, 1.82) is 0 Å². The summed E-state index contributed by atoms with van der Waals surface area (Å²) in [5, 5.41) is 10.3. The van der Waals surface area contributed by atoms with Crippen LogP contribution < -0.4 is 26.4 Å². The fourth-order valence-corrected chi connectivity index (χ4v) is 6.44. The van der Waals surface area contributed by atoms with Gasteiger partial charge in [0.2, 0.25) is 5.91 Å². The number of piperazine rings is 1. The van der Waals surface area contributed by atoms with Crippen molar-refractivity contribution in [1.82, 2.24) is 20.9 Å². The number of carbonyl (C=O) groups excluding carboxylic acids is 2. The summed E-state index contributed by atoms with van der Waals surface area (Å²) in [5.41, 5.74) is 6.41. The van der Waals surface area contributed by atoms with E-state index in [1.807, 2.05) is 56.0 Å². The van der Waals surface area contributed by atoms with E-state index in [1.165, 1.54) is 5.56 Å². The topological polar surface area (TPSA) is 118 Å². The van der Waals surface area contributed by atoms with E-state index in [0.29, 0.717) is 45.0 Å². The molecule has 256 valence electrons. The third-order valence-corrected chi connectivity index (χ3v) is 8.20. The van der Waals surface area contributed by atoms with Gasteiger partial charge in [-0.05, 0) is 73.5 Å². The number of esters is 1. The van der Waals surface area contributed by atoms with Crippen LogP contribution in [-0.4, -0.2) is 74.2 Å². The molecule has 0 spiro atoms. The molecular formula is C34H50Cl3N5O4. The van der Waals surface area contributed by atoms with Gasteiger partial charge >= 0.3 is 5.97 Å². The third kappa shape index (κ3) is 11.1. The van der Waals surface area contributed by atoms with Crippen molar-refractivity contribution in [3.8, 4) is 5.75 Å². The standard InChI is InChI=1S/C34H48ClN5O4.2ClH/c1-33(2,3)24-34(30(31(36)41)40-20-18-38-19-21-40)32(42)44-29(35)23-27(39-34)26-14-7-8-15-28(26)43-22-10-17-37-16-9-13-25-11-5-4-6-12-25;;/h4-8,11-12,14-15,23,27,30,37-39H,9-10,13,16-22,24H2,1-3H3,(H2,36,41);2*1H. The summed E-state index contributed by atoms with van der Waals surface area (Å²) < 4.78 is 12.0. The van der Waals surface area contributed by atoms with Gasteiger partial charge < -0.3 is 25.8 Å². The van der Waals surface area contributed by atoms with Crippen LogP contribution in [0, 0.1) is 5.41 Å². The number of nitrogens with two attached hydrogens (primary N) is 1. The van der Waals surface area contributed by atoms with E-state index in [9.17, 15) is 9.59 Å². The maximum atomic E-state index is 14.0. The summed E-state index contributed by atoms with van der Waals surface area (Å²) in [4.78, 5) is 29.2. The van der Waals surface area contributed by atoms with Gasteiger partial charge in [-0.3, -0.25) is 15.0 Å². The largest absolute Gasteiger partial charge is 0.493 e. The predicted octanol–water partition coefficient (Wildman–Crippen LogP) is 4.72. The van der Waals surface area contributed by atoms with Gasteiger partial charge in [0.1, 0.15) is 17.3 Å². The molecule has 2 aromatic rings. The number of primary amides is 1. The number of para-hydroxylation sites is 1. The van der Waals surface area contributed by atoms with Crippen molar-refractivity contribution in [3.63, 3.8) is 0 Å². The quantitative estimate of drug-likeness (QED) is 0.166. The average Bonchev–Trinajstić information content (AvgIpc) is 3.10. The second-order valence-electron chi connectivity index (χ2n) is 12.9. The Kier molecular flexibility index (Phi) is 16.3. The van der Waals surface area contributed by atoms with E-state index >= 15 is 0 Å². The van der Waals surface area contributed by atoms with Gasteiger partial charge in [0, 0.05) is 31.7 Å². The van der Waals surface area contributed by atoms with Crippen LogP contribution in [0.25, 0.3) is 0 Å². The third-order valence-electron chi connectivity index (χ3n) is 8.00. The molecule has 1 amide bonds. The second-order valence-corrected chi connectivity index (χ2v) is 13.2. The Labute approximate surface area is 291 Å². The zero-order valence-electron chi connectivity index (χ0n) is 27.1. The number of hydrogen-bond donors (Lipinski definition) is 4. The monoisotopic (exact) mass is 697 g/mol. The molecule has 1 saturated heterocycles. The minimum absolute atomic E-state index is 0. The van der Waals surface area contributed by atoms with E-state index < -0.39 is 29.5 Å². The van der Waals surface area contributed by atoms with Crippen molar-refractivity contribution < 1.29 is 19.1 Å². The Morgan fingerprint density at radius 3 is 2.41 bits per heavy atom. The highest BCUT2D eigenvalue weighted by atomic mass is 35.5. The van der Waals surface area contributed by atoms with Crippen LogP contribution in [0.15, 0.2) is 65.9 Å². The minimum Gasteiger partial charge on any atom is -0.493 e. The van der Waals surface area contributed by atoms with Crippen LogP contribution in [-0.2, 0) is 20.7 Å². The molecule has 3 unspecified atom stereocenters. The number of cyclic esters (lactones) is 1. The molecular weight excluding hydrogens is 649 g/mol. The van der Waals surface area contributed by atoms with Gasteiger partial charge in [0.25, 0.3) is 0 Å². The molecule has 4 rings (SSSR count). The number of rotatable bonds is 14. The van der Waals surface area contributed by atoms with E-state index in [4.69, 9.17) is 26.8 Å². The summed E-state index contributed by atoms with van der Waals surface area (Å²) in [7, 11) is 0. The number of nitrogens with zero attached hydrogens (tertiary/aromatic N) is 1. The lowest BCUT2D eigenvalue weighted by Gasteiger charge is -2.47. The Hall–Kier alpha value is -2.37. The molecule has 0 aliphatic carbocycles. The zero-order valence-corrected chi connectivity index (χ0v) is 29.4. The highest BCUT2D eigenvalue weighted by molar-refractivity contribution is 6.29. The van der Waals surface area contributed by atoms with Crippen LogP contribution in [0.3, 0.4) is 0 Å². The van der Waals surface area contributed by atoms with Crippen LogP contribution in [0.2, 0.25) is 0 Å². The molecule has 0 aromatic heterocycles.